The lowest BCUT2D eigenvalue weighted by Gasteiger charge is -2.23. The van der Waals surface area contributed by atoms with Gasteiger partial charge in [0.2, 0.25) is 11.7 Å². The number of methoxy groups -OCH3 is 4. The van der Waals surface area contributed by atoms with Gasteiger partial charge >= 0.3 is 0 Å². The molecule has 1 fully saturated rings. The number of hydroxylamine groups is 1. The number of hydrogen-bond acceptors (Lipinski definition) is 13. The van der Waals surface area contributed by atoms with E-state index in [0.29, 0.717) is 75.6 Å². The summed E-state index contributed by atoms with van der Waals surface area (Å²) in [5, 5.41) is 12.2. The van der Waals surface area contributed by atoms with Gasteiger partial charge in [0.15, 0.2) is 23.0 Å². The topological polar surface area (TPSA) is 199 Å². The zero-order valence-corrected chi connectivity index (χ0v) is 28.2. The first-order chi connectivity index (χ1) is 23.8. The summed E-state index contributed by atoms with van der Waals surface area (Å²) < 4.78 is 43.4. The third-order valence-corrected chi connectivity index (χ3v) is 7.34. The van der Waals surface area contributed by atoms with Crippen LogP contribution in [0.3, 0.4) is 0 Å². The van der Waals surface area contributed by atoms with Crippen LogP contribution in [-0.4, -0.2) is 128 Å². The Morgan fingerprint density at radius 3 is 2.02 bits per heavy atom. The van der Waals surface area contributed by atoms with Crippen molar-refractivity contribution in [1.82, 2.24) is 15.7 Å². The lowest BCUT2D eigenvalue weighted by molar-refractivity contribution is -0.133. The number of nitrogens with zero attached hydrogens (tertiary/aromatic N) is 1. The number of rotatable bonds is 21. The number of benzene rings is 2. The minimum atomic E-state index is -1.05. The summed E-state index contributed by atoms with van der Waals surface area (Å²) in [7, 11) is 5.79. The molecule has 5 N–H and O–H groups in total. The molecule has 1 saturated heterocycles. The Morgan fingerprint density at radius 1 is 0.837 bits per heavy atom. The third-order valence-electron chi connectivity index (χ3n) is 7.34. The van der Waals surface area contributed by atoms with Crippen LogP contribution in [0.15, 0.2) is 36.4 Å². The van der Waals surface area contributed by atoms with Crippen molar-refractivity contribution in [2.24, 2.45) is 5.73 Å². The Morgan fingerprint density at radius 2 is 1.45 bits per heavy atom. The van der Waals surface area contributed by atoms with Gasteiger partial charge in [-0.2, -0.15) is 0 Å². The third kappa shape index (κ3) is 11.5. The second-order valence-corrected chi connectivity index (χ2v) is 10.5. The monoisotopic (exact) mass is 690 g/mol. The quantitative estimate of drug-likeness (QED) is 0.0628. The van der Waals surface area contributed by atoms with Crippen LogP contribution in [0.4, 0.5) is 0 Å². The van der Waals surface area contributed by atoms with Gasteiger partial charge in [-0.3, -0.25) is 19.6 Å². The van der Waals surface area contributed by atoms with Crippen molar-refractivity contribution in [2.75, 3.05) is 87.8 Å². The summed E-state index contributed by atoms with van der Waals surface area (Å²) in [6.45, 7) is 3.46. The first-order valence-corrected chi connectivity index (χ1v) is 15.6. The predicted molar refractivity (Wildman–Crippen MR) is 176 cm³/mol. The number of amides is 3. The van der Waals surface area contributed by atoms with Gasteiger partial charge in [-0.1, -0.05) is 6.07 Å². The normalized spacial score (nSPS) is 15.6. The molecule has 0 aromatic heterocycles. The molecule has 0 saturated carbocycles. The summed E-state index contributed by atoms with van der Waals surface area (Å²) in [6.07, 6.45) is 3.00. The van der Waals surface area contributed by atoms with E-state index in [2.05, 4.69) is 5.32 Å². The Hall–Kier alpha value is -4.61. The number of nitrogens with one attached hydrogen (secondary N) is 2. The molecule has 3 rings (SSSR count). The lowest BCUT2D eigenvalue weighted by Crippen LogP contribution is -2.45. The van der Waals surface area contributed by atoms with Crippen molar-refractivity contribution < 1.29 is 57.5 Å². The van der Waals surface area contributed by atoms with Gasteiger partial charge in [-0.25, -0.2) is 5.48 Å². The molecule has 49 heavy (non-hydrogen) atoms. The molecule has 16 nitrogen and oxygen atoms in total. The van der Waals surface area contributed by atoms with E-state index in [0.717, 1.165) is 0 Å². The highest BCUT2D eigenvalue weighted by molar-refractivity contribution is 5.99. The summed E-state index contributed by atoms with van der Waals surface area (Å²) in [5.41, 5.74) is 7.80. The van der Waals surface area contributed by atoms with Gasteiger partial charge in [-0.15, -0.1) is 0 Å². The molecule has 2 aromatic carbocycles. The number of nitrogens with two attached hydrogens (primary N) is 1. The average molecular weight is 691 g/mol. The molecule has 1 heterocycles. The van der Waals surface area contributed by atoms with Gasteiger partial charge < -0.3 is 53.8 Å². The second kappa shape index (κ2) is 20.7. The number of ether oxygens (including phenoxy) is 8. The Labute approximate surface area is 285 Å². The fourth-order valence-electron chi connectivity index (χ4n) is 5.02. The molecule has 2 atom stereocenters. The van der Waals surface area contributed by atoms with E-state index >= 15 is 0 Å². The van der Waals surface area contributed by atoms with E-state index in [1.807, 2.05) is 0 Å². The fraction of sp³-hybridized carbons (Fsp3) is 0.485. The molecule has 16 heteroatoms. The molecule has 0 unspecified atom stereocenters. The summed E-state index contributed by atoms with van der Waals surface area (Å²) in [5.74, 6) is 0.0262. The van der Waals surface area contributed by atoms with Gasteiger partial charge in [0.05, 0.1) is 68.1 Å². The number of hydrogen-bond donors (Lipinski definition) is 4. The van der Waals surface area contributed by atoms with Crippen molar-refractivity contribution in [2.45, 2.75) is 18.5 Å². The highest BCUT2D eigenvalue weighted by atomic mass is 16.6. The maximum atomic E-state index is 13.6. The molecular formula is C33H46N4O12. The SMILES string of the molecule is COc1cc(/C=C/C(=O)N[C@@H]2C[C@@H](C(=O)NO)N(C(=O)c3cc(OC)c(OC)c(OC)c3)C2)ccc1OCCOCCOCCOCCN. The van der Waals surface area contributed by atoms with E-state index in [1.54, 1.807) is 29.8 Å². The van der Waals surface area contributed by atoms with E-state index in [-0.39, 0.29) is 30.0 Å². The molecule has 1 aliphatic rings. The van der Waals surface area contributed by atoms with Crippen molar-refractivity contribution in [3.05, 3.63) is 47.5 Å². The Kier molecular flexibility index (Phi) is 16.4. The number of carbonyl (C=O) groups excluding carboxylic acids is 3. The van der Waals surface area contributed by atoms with E-state index in [4.69, 9.17) is 43.6 Å². The fourth-order valence-corrected chi connectivity index (χ4v) is 5.02. The largest absolute Gasteiger partial charge is 0.493 e. The summed E-state index contributed by atoms with van der Waals surface area (Å²) in [6, 6.07) is 6.50. The van der Waals surface area contributed by atoms with Gasteiger partial charge in [-0.05, 0) is 42.3 Å². The van der Waals surface area contributed by atoms with Crippen LogP contribution in [0.1, 0.15) is 22.3 Å². The molecule has 0 radical (unpaired) electrons. The van der Waals surface area contributed by atoms with Crippen LogP contribution in [0.2, 0.25) is 0 Å². The zero-order chi connectivity index (χ0) is 35.6. The first kappa shape index (κ1) is 38.8. The summed E-state index contributed by atoms with van der Waals surface area (Å²) in [4.78, 5) is 40.2. The average Bonchev–Trinajstić information content (AvgIpc) is 3.55. The van der Waals surface area contributed by atoms with Crippen LogP contribution in [-0.2, 0) is 23.8 Å². The molecule has 0 aliphatic carbocycles. The smallest absolute Gasteiger partial charge is 0.266 e. The van der Waals surface area contributed by atoms with Crippen LogP contribution in [0.5, 0.6) is 28.7 Å². The molecule has 3 amide bonds. The molecular weight excluding hydrogens is 644 g/mol. The van der Waals surface area contributed by atoms with Gasteiger partial charge in [0.1, 0.15) is 12.6 Å². The van der Waals surface area contributed by atoms with E-state index < -0.39 is 29.8 Å². The highest BCUT2D eigenvalue weighted by Crippen LogP contribution is 2.39. The lowest BCUT2D eigenvalue weighted by atomic mass is 10.1. The van der Waals surface area contributed by atoms with Crippen LogP contribution >= 0.6 is 0 Å². The molecule has 0 spiro atoms. The molecule has 270 valence electrons. The zero-order valence-electron chi connectivity index (χ0n) is 28.2. The van der Waals surface area contributed by atoms with Gasteiger partial charge in [0, 0.05) is 30.8 Å². The van der Waals surface area contributed by atoms with Crippen LogP contribution in [0, 0.1) is 0 Å². The van der Waals surface area contributed by atoms with Crippen molar-refractivity contribution in [3.8, 4) is 28.7 Å². The summed E-state index contributed by atoms with van der Waals surface area (Å²) >= 11 is 0. The first-order valence-electron chi connectivity index (χ1n) is 15.6. The predicted octanol–water partition coefficient (Wildman–Crippen LogP) is 1.03. The molecule has 2 aromatic rings. The van der Waals surface area contributed by atoms with E-state index in [1.165, 1.54) is 51.5 Å². The Bertz CT molecular complexity index is 1380. The van der Waals surface area contributed by atoms with E-state index in [9.17, 15) is 19.6 Å². The van der Waals surface area contributed by atoms with Crippen molar-refractivity contribution in [3.63, 3.8) is 0 Å². The van der Waals surface area contributed by atoms with Gasteiger partial charge in [0.25, 0.3) is 11.8 Å². The van der Waals surface area contributed by atoms with Crippen molar-refractivity contribution >= 4 is 23.8 Å². The van der Waals surface area contributed by atoms with Crippen LogP contribution in [0.25, 0.3) is 6.08 Å². The van der Waals surface area contributed by atoms with Crippen LogP contribution < -0.4 is 40.2 Å². The highest BCUT2D eigenvalue weighted by Gasteiger charge is 2.40. The minimum Gasteiger partial charge on any atom is -0.493 e. The molecule has 0 bridgehead atoms. The van der Waals surface area contributed by atoms with Crippen molar-refractivity contribution in [1.29, 1.82) is 0 Å². The molecule has 1 aliphatic heterocycles. The maximum Gasteiger partial charge on any atom is 0.266 e. The maximum absolute atomic E-state index is 13.6. The standard InChI is InChI=1S/C33H46N4O12/c1-42-27-17-22(5-7-26(27)49-16-15-48-14-13-47-12-11-46-10-9-34)6-8-30(38)35-24-20-25(32(39)36-41)37(21-24)33(40)23-18-28(43-2)31(45-4)29(19-23)44-3/h5-8,17-19,24-25,41H,9-16,20-21,34H2,1-4H3,(H,35,38)(H,36,39)/b8-6+/t24-,25+/m1/s1. The number of likely N-dealkylation sites (tertiary alicyclic amines) is 1. The minimum absolute atomic E-state index is 0.00789. The number of carbonyl (C=O) groups is 3. The second-order valence-electron chi connectivity index (χ2n) is 10.5. The Balaban J connectivity index is 1.54.